The molecule has 0 spiro atoms. The number of carboxylic acid groups (broad SMARTS) is 1. The fourth-order valence-corrected chi connectivity index (χ4v) is 8.06. The van der Waals surface area contributed by atoms with Crippen molar-refractivity contribution < 1.29 is 9.90 Å². The number of carboxylic acids is 1. The first-order chi connectivity index (χ1) is 14.3. The predicted octanol–water partition coefficient (Wildman–Crippen LogP) is 6.37. The zero-order valence-electron chi connectivity index (χ0n) is 18.6. The van der Waals surface area contributed by atoms with Crippen LogP contribution in [0.5, 0.6) is 0 Å². The van der Waals surface area contributed by atoms with Crippen molar-refractivity contribution in [2.75, 3.05) is 0 Å². The molecule has 4 aliphatic rings. The minimum atomic E-state index is -0.640. The van der Waals surface area contributed by atoms with Crippen LogP contribution < -0.4 is 0 Å². The van der Waals surface area contributed by atoms with E-state index in [0.29, 0.717) is 24.2 Å². The van der Waals surface area contributed by atoms with Crippen molar-refractivity contribution in [2.45, 2.75) is 65.7 Å². The number of pyridine rings is 1. The molecule has 0 aromatic carbocycles. The van der Waals surface area contributed by atoms with E-state index < -0.39 is 5.97 Å². The molecule has 0 saturated heterocycles. The van der Waals surface area contributed by atoms with Gasteiger partial charge in [0.05, 0.1) is 0 Å². The van der Waals surface area contributed by atoms with E-state index in [2.05, 4.69) is 50.0 Å². The molecule has 30 heavy (non-hydrogen) atoms. The number of carbonyl (C=O) groups is 1. The quantitative estimate of drug-likeness (QED) is 0.594. The van der Waals surface area contributed by atoms with E-state index in [1.54, 1.807) is 5.57 Å². The van der Waals surface area contributed by atoms with Crippen LogP contribution in [0, 0.1) is 40.4 Å². The molecule has 3 nitrogen and oxygen atoms in total. The summed E-state index contributed by atoms with van der Waals surface area (Å²) in [6.07, 6.45) is 16.3. The van der Waals surface area contributed by atoms with Gasteiger partial charge >= 0.3 is 5.97 Å². The molecule has 1 aromatic rings. The molecule has 7 atom stereocenters. The largest absolute Gasteiger partial charge is 0.481 e. The van der Waals surface area contributed by atoms with Gasteiger partial charge in [-0.2, -0.15) is 0 Å². The average molecular weight is 406 g/mol. The highest BCUT2D eigenvalue weighted by molar-refractivity contribution is 5.72. The first-order valence-corrected chi connectivity index (χ1v) is 11.9. The van der Waals surface area contributed by atoms with Gasteiger partial charge in [0, 0.05) is 18.8 Å². The number of fused-ring (bicyclic) bond motifs is 5. The van der Waals surface area contributed by atoms with Crippen molar-refractivity contribution in [1.82, 2.24) is 4.98 Å². The maximum absolute atomic E-state index is 11.3. The van der Waals surface area contributed by atoms with E-state index in [9.17, 15) is 9.90 Å². The third-order valence-electron chi connectivity index (χ3n) is 9.55. The van der Waals surface area contributed by atoms with Crippen LogP contribution in [-0.4, -0.2) is 16.1 Å². The summed E-state index contributed by atoms with van der Waals surface area (Å²) in [5.41, 5.74) is 4.93. The molecule has 0 amide bonds. The summed E-state index contributed by atoms with van der Waals surface area (Å²) >= 11 is 0. The van der Waals surface area contributed by atoms with Crippen LogP contribution in [0.25, 0.3) is 5.57 Å². The smallest absolute Gasteiger partial charge is 0.303 e. The number of hydrogen-bond acceptors (Lipinski definition) is 2. The second-order valence-corrected chi connectivity index (χ2v) is 11.0. The average Bonchev–Trinajstić information content (AvgIpc) is 3.06. The summed E-state index contributed by atoms with van der Waals surface area (Å²) in [7, 11) is 0. The molecule has 2 saturated carbocycles. The molecule has 0 bridgehead atoms. The van der Waals surface area contributed by atoms with Crippen LogP contribution in [0.3, 0.4) is 0 Å². The number of aliphatic carboxylic acids is 1. The Labute approximate surface area is 180 Å². The summed E-state index contributed by atoms with van der Waals surface area (Å²) in [6, 6.07) is 4.29. The number of allylic oxidation sites excluding steroid dienone is 4. The fraction of sp³-hybridized carbons (Fsp3) is 0.630. The predicted molar refractivity (Wildman–Crippen MR) is 120 cm³/mol. The highest BCUT2D eigenvalue weighted by Crippen LogP contribution is 2.67. The lowest BCUT2D eigenvalue weighted by Crippen LogP contribution is -2.51. The zero-order valence-corrected chi connectivity index (χ0v) is 18.6. The number of nitrogens with zero attached hydrogens (tertiary/aromatic N) is 1. The van der Waals surface area contributed by atoms with Crippen LogP contribution in [0.15, 0.2) is 42.3 Å². The van der Waals surface area contributed by atoms with Crippen molar-refractivity contribution in [3.63, 3.8) is 0 Å². The Hall–Kier alpha value is -1.90. The van der Waals surface area contributed by atoms with Crippen molar-refractivity contribution >= 4 is 11.5 Å². The Bertz CT molecular complexity index is 903. The van der Waals surface area contributed by atoms with Crippen LogP contribution in [-0.2, 0) is 4.79 Å². The molecule has 5 rings (SSSR count). The SMILES string of the molecule is C[C@@H]1C=C2C[C@@H](CC(=O)O)CC[C@]2(C)[C@H]2CC[C@]3(C)C(c4cccnc4)=CC[C@H]3[C@H]12. The van der Waals surface area contributed by atoms with E-state index in [1.165, 1.54) is 30.4 Å². The van der Waals surface area contributed by atoms with Crippen LogP contribution >= 0.6 is 0 Å². The Kier molecular flexibility index (Phi) is 4.72. The minimum absolute atomic E-state index is 0.251. The van der Waals surface area contributed by atoms with Crippen molar-refractivity contribution in [1.29, 1.82) is 0 Å². The van der Waals surface area contributed by atoms with Crippen molar-refractivity contribution in [3.8, 4) is 0 Å². The summed E-state index contributed by atoms with van der Waals surface area (Å²) < 4.78 is 0. The highest BCUT2D eigenvalue weighted by atomic mass is 16.4. The standard InChI is InChI=1S/C27H35NO2/c1-17-13-20-14-18(15-24(29)30)8-10-26(20,2)23-9-11-27(3)21(6-7-22(27)25(17)23)19-5-4-12-28-16-19/h4-6,12-13,16-18,22-23,25H,7-11,14-15H2,1-3H3,(H,29,30)/t17-,18+,22+,23+,25+,26+,27-/m1/s1. The molecule has 0 unspecified atom stereocenters. The van der Waals surface area contributed by atoms with E-state index in [-0.39, 0.29) is 10.8 Å². The van der Waals surface area contributed by atoms with Gasteiger partial charge in [0.25, 0.3) is 0 Å². The van der Waals surface area contributed by atoms with Gasteiger partial charge in [0.2, 0.25) is 0 Å². The second kappa shape index (κ2) is 7.07. The van der Waals surface area contributed by atoms with E-state index >= 15 is 0 Å². The summed E-state index contributed by atoms with van der Waals surface area (Å²) in [5.74, 6) is 2.42. The summed E-state index contributed by atoms with van der Waals surface area (Å²) in [5, 5.41) is 9.29. The number of rotatable bonds is 3. The maximum Gasteiger partial charge on any atom is 0.303 e. The van der Waals surface area contributed by atoms with E-state index in [1.807, 2.05) is 12.4 Å². The molecule has 1 N–H and O–H groups in total. The second-order valence-electron chi connectivity index (χ2n) is 11.0. The third-order valence-corrected chi connectivity index (χ3v) is 9.55. The molecule has 160 valence electrons. The van der Waals surface area contributed by atoms with Gasteiger partial charge in [-0.1, -0.05) is 44.6 Å². The molecule has 1 heterocycles. The van der Waals surface area contributed by atoms with Gasteiger partial charge in [-0.25, -0.2) is 0 Å². The molecule has 0 radical (unpaired) electrons. The molecular formula is C27H35NO2. The van der Waals surface area contributed by atoms with Gasteiger partial charge < -0.3 is 5.11 Å². The van der Waals surface area contributed by atoms with Gasteiger partial charge in [-0.15, -0.1) is 0 Å². The lowest BCUT2D eigenvalue weighted by molar-refractivity contribution is -0.138. The van der Waals surface area contributed by atoms with Crippen LogP contribution in [0.4, 0.5) is 0 Å². The van der Waals surface area contributed by atoms with E-state index in [0.717, 1.165) is 31.1 Å². The summed E-state index contributed by atoms with van der Waals surface area (Å²) in [4.78, 5) is 15.7. The zero-order chi connectivity index (χ0) is 21.1. The number of hydrogen-bond donors (Lipinski definition) is 1. The van der Waals surface area contributed by atoms with Gasteiger partial charge in [-0.05, 0) is 96.1 Å². The molecule has 2 fully saturated rings. The van der Waals surface area contributed by atoms with Crippen LogP contribution in [0.2, 0.25) is 0 Å². The third kappa shape index (κ3) is 2.92. The Morgan fingerprint density at radius 1 is 1.20 bits per heavy atom. The Morgan fingerprint density at radius 3 is 2.73 bits per heavy atom. The minimum Gasteiger partial charge on any atom is -0.481 e. The lowest BCUT2D eigenvalue weighted by atomic mass is 9.45. The molecule has 4 aliphatic carbocycles. The molecular weight excluding hydrogens is 370 g/mol. The molecule has 1 aromatic heterocycles. The topological polar surface area (TPSA) is 50.2 Å². The first-order valence-electron chi connectivity index (χ1n) is 11.9. The van der Waals surface area contributed by atoms with Crippen LogP contribution in [0.1, 0.15) is 71.3 Å². The van der Waals surface area contributed by atoms with Gasteiger partial charge in [0.1, 0.15) is 0 Å². The van der Waals surface area contributed by atoms with E-state index in [4.69, 9.17) is 0 Å². The molecule has 0 aliphatic heterocycles. The lowest BCUT2D eigenvalue weighted by Gasteiger charge is -2.59. The maximum atomic E-state index is 11.3. The Balaban J connectivity index is 1.45. The van der Waals surface area contributed by atoms with Crippen molar-refractivity contribution in [2.24, 2.45) is 40.4 Å². The van der Waals surface area contributed by atoms with Gasteiger partial charge in [-0.3, -0.25) is 9.78 Å². The fourth-order valence-electron chi connectivity index (χ4n) is 8.06. The first kappa shape index (κ1) is 20.0. The van der Waals surface area contributed by atoms with Crippen molar-refractivity contribution in [3.05, 3.63) is 47.8 Å². The molecule has 3 heteroatoms. The normalized spacial score (nSPS) is 42.4. The summed E-state index contributed by atoms with van der Waals surface area (Å²) in [6.45, 7) is 7.45. The monoisotopic (exact) mass is 405 g/mol. The highest BCUT2D eigenvalue weighted by Gasteiger charge is 2.58. The number of aromatic nitrogens is 1. The van der Waals surface area contributed by atoms with Gasteiger partial charge in [0.15, 0.2) is 0 Å². The Morgan fingerprint density at radius 2 is 2.00 bits per heavy atom.